The molecule has 0 fully saturated rings. The van der Waals surface area contributed by atoms with Gasteiger partial charge in [0.2, 0.25) is 0 Å². The van der Waals surface area contributed by atoms with E-state index in [2.05, 4.69) is 5.32 Å². The number of alkyl halides is 3. The predicted octanol–water partition coefficient (Wildman–Crippen LogP) is 4.11. The first-order valence-electron chi connectivity index (χ1n) is 6.03. The van der Waals surface area contributed by atoms with Crippen LogP contribution in [0.1, 0.15) is 31.4 Å². The Balaban J connectivity index is 2.81. The Hall–Kier alpha value is -1.29. The molecule has 0 saturated heterocycles. The summed E-state index contributed by atoms with van der Waals surface area (Å²) in [6.07, 6.45) is -0.0330. The first-order chi connectivity index (χ1) is 8.45. The molecule has 1 aromatic carbocycles. The van der Waals surface area contributed by atoms with Crippen molar-refractivity contribution in [3.63, 3.8) is 0 Å². The molecule has 18 heavy (non-hydrogen) atoms. The largest absolute Gasteiger partial charge is 0.416 e. The number of hydrogen-bond acceptors (Lipinski definition) is 1. The summed E-state index contributed by atoms with van der Waals surface area (Å²) in [5, 5.41) is 3.19. The second-order valence-corrected chi connectivity index (χ2v) is 4.19. The third-order valence-electron chi connectivity index (χ3n) is 2.55. The van der Waals surface area contributed by atoms with Gasteiger partial charge in [-0.25, -0.2) is 0 Å². The molecule has 1 nitrogen and oxygen atoms in total. The van der Waals surface area contributed by atoms with Gasteiger partial charge in [0.15, 0.2) is 0 Å². The van der Waals surface area contributed by atoms with Crippen LogP contribution < -0.4 is 5.32 Å². The Morgan fingerprint density at radius 2 is 1.94 bits per heavy atom. The zero-order chi connectivity index (χ0) is 13.6. The molecule has 0 radical (unpaired) electrons. The average Bonchev–Trinajstić information content (AvgIpc) is 2.33. The van der Waals surface area contributed by atoms with Gasteiger partial charge in [-0.1, -0.05) is 37.3 Å². The molecule has 0 aliphatic rings. The van der Waals surface area contributed by atoms with Crippen LogP contribution in [0.3, 0.4) is 0 Å². The first kappa shape index (κ1) is 14.8. The van der Waals surface area contributed by atoms with E-state index in [-0.39, 0.29) is 11.6 Å². The number of hydrogen-bond donors (Lipinski definition) is 1. The number of benzene rings is 1. The molecule has 1 unspecified atom stereocenters. The zero-order valence-corrected chi connectivity index (χ0v) is 10.6. The molecule has 0 bridgehead atoms. The molecule has 0 aliphatic heterocycles. The molecule has 0 amide bonds. The molecule has 1 aromatic rings. The van der Waals surface area contributed by atoms with E-state index in [9.17, 15) is 13.2 Å². The summed E-state index contributed by atoms with van der Waals surface area (Å²) in [6, 6.07) is 5.65. The van der Waals surface area contributed by atoms with Crippen molar-refractivity contribution < 1.29 is 13.2 Å². The Bertz CT molecular complexity index is 396. The van der Waals surface area contributed by atoms with E-state index >= 15 is 0 Å². The van der Waals surface area contributed by atoms with Crippen LogP contribution in [-0.2, 0) is 6.18 Å². The quantitative estimate of drug-likeness (QED) is 0.837. The fourth-order valence-corrected chi connectivity index (χ4v) is 1.59. The Labute approximate surface area is 106 Å². The van der Waals surface area contributed by atoms with E-state index < -0.39 is 11.7 Å². The minimum Gasteiger partial charge on any atom is -0.311 e. The topological polar surface area (TPSA) is 12.0 Å². The van der Waals surface area contributed by atoms with Gasteiger partial charge in [0, 0.05) is 6.04 Å². The van der Waals surface area contributed by atoms with Crippen molar-refractivity contribution in [2.45, 2.75) is 32.5 Å². The normalized spacial score (nSPS) is 14.1. The van der Waals surface area contributed by atoms with Crippen molar-refractivity contribution in [2.75, 3.05) is 6.54 Å². The summed E-state index contributed by atoms with van der Waals surface area (Å²) < 4.78 is 38.2. The molecule has 0 saturated carbocycles. The monoisotopic (exact) mass is 257 g/mol. The van der Waals surface area contributed by atoms with E-state index in [1.165, 1.54) is 18.2 Å². The van der Waals surface area contributed by atoms with Gasteiger partial charge in [-0.05, 0) is 31.5 Å². The number of nitrogens with one attached hydrogen (secondary N) is 1. The van der Waals surface area contributed by atoms with Crippen molar-refractivity contribution in [3.05, 3.63) is 41.5 Å². The molecule has 1 rings (SSSR count). The van der Waals surface area contributed by atoms with Crippen molar-refractivity contribution in [1.29, 1.82) is 0 Å². The average molecular weight is 257 g/mol. The Morgan fingerprint density at radius 1 is 1.28 bits per heavy atom. The smallest absolute Gasteiger partial charge is 0.311 e. The third-order valence-corrected chi connectivity index (χ3v) is 2.55. The highest BCUT2D eigenvalue weighted by atomic mass is 19.4. The summed E-state index contributed by atoms with van der Waals surface area (Å²) in [7, 11) is 0. The fraction of sp³-hybridized carbons (Fsp3) is 0.429. The molecule has 1 N–H and O–H groups in total. The second-order valence-electron chi connectivity index (χ2n) is 4.19. The highest BCUT2D eigenvalue weighted by molar-refractivity contribution is 5.55. The molecule has 0 aliphatic carbocycles. The third kappa shape index (κ3) is 4.53. The Morgan fingerprint density at radius 3 is 2.56 bits per heavy atom. The maximum absolute atomic E-state index is 12.7. The molecular formula is C14H18F3N. The molecule has 0 spiro atoms. The highest BCUT2D eigenvalue weighted by Gasteiger charge is 2.32. The van der Waals surface area contributed by atoms with Crippen molar-refractivity contribution in [3.8, 4) is 0 Å². The van der Waals surface area contributed by atoms with Crippen LogP contribution in [0, 0.1) is 0 Å². The summed E-state index contributed by atoms with van der Waals surface area (Å²) in [5.74, 6) is 0. The van der Waals surface area contributed by atoms with Gasteiger partial charge in [0.25, 0.3) is 0 Å². The number of halogens is 3. The summed E-state index contributed by atoms with van der Waals surface area (Å²) >= 11 is 0. The van der Waals surface area contributed by atoms with Crippen LogP contribution in [-0.4, -0.2) is 12.6 Å². The van der Waals surface area contributed by atoms with Crippen LogP contribution >= 0.6 is 0 Å². The van der Waals surface area contributed by atoms with Gasteiger partial charge in [-0.3, -0.25) is 0 Å². The lowest BCUT2D eigenvalue weighted by atomic mass is 10.1. The van der Waals surface area contributed by atoms with E-state index in [4.69, 9.17) is 0 Å². The Kier molecular flexibility index (Phi) is 5.41. The zero-order valence-electron chi connectivity index (χ0n) is 10.6. The standard InChI is InChI=1S/C14H18F3N/c1-3-10-18-11(2)8-9-12-6-4-5-7-13(12)14(15,16)17/h4-9,11,18H,3,10H2,1-2H3/b9-8+. The molecule has 100 valence electrons. The fourth-order valence-electron chi connectivity index (χ4n) is 1.59. The van der Waals surface area contributed by atoms with Crippen LogP contribution in [0.2, 0.25) is 0 Å². The van der Waals surface area contributed by atoms with Crippen molar-refractivity contribution in [1.82, 2.24) is 5.32 Å². The van der Waals surface area contributed by atoms with Gasteiger partial charge in [-0.2, -0.15) is 13.2 Å². The summed E-state index contributed by atoms with van der Waals surface area (Å²) in [5.41, 5.74) is -0.390. The molecular weight excluding hydrogens is 239 g/mol. The van der Waals surface area contributed by atoms with Crippen LogP contribution in [0.5, 0.6) is 0 Å². The summed E-state index contributed by atoms with van der Waals surface area (Å²) in [6.45, 7) is 4.82. The van der Waals surface area contributed by atoms with E-state index in [0.717, 1.165) is 19.0 Å². The summed E-state index contributed by atoms with van der Waals surface area (Å²) in [4.78, 5) is 0. The second kappa shape index (κ2) is 6.59. The van der Waals surface area contributed by atoms with Crippen LogP contribution in [0.4, 0.5) is 13.2 Å². The molecule has 0 aromatic heterocycles. The minimum atomic E-state index is -4.30. The maximum Gasteiger partial charge on any atom is 0.416 e. The lowest BCUT2D eigenvalue weighted by molar-refractivity contribution is -0.137. The van der Waals surface area contributed by atoms with Gasteiger partial charge >= 0.3 is 6.18 Å². The molecule has 4 heteroatoms. The van der Waals surface area contributed by atoms with Crippen LogP contribution in [0.25, 0.3) is 6.08 Å². The van der Waals surface area contributed by atoms with Crippen molar-refractivity contribution in [2.24, 2.45) is 0 Å². The molecule has 0 heterocycles. The highest BCUT2D eigenvalue weighted by Crippen LogP contribution is 2.32. The predicted molar refractivity (Wildman–Crippen MR) is 68.2 cm³/mol. The SMILES string of the molecule is CCCNC(C)/C=C/c1ccccc1C(F)(F)F. The van der Waals surface area contributed by atoms with E-state index in [1.807, 2.05) is 13.8 Å². The molecule has 1 atom stereocenters. The van der Waals surface area contributed by atoms with Crippen LogP contribution in [0.15, 0.2) is 30.3 Å². The van der Waals surface area contributed by atoms with E-state index in [0.29, 0.717) is 0 Å². The first-order valence-corrected chi connectivity index (χ1v) is 6.03. The van der Waals surface area contributed by atoms with Gasteiger partial charge in [0.05, 0.1) is 5.56 Å². The lowest BCUT2D eigenvalue weighted by Crippen LogP contribution is -2.24. The van der Waals surface area contributed by atoms with Crippen molar-refractivity contribution >= 4 is 6.08 Å². The van der Waals surface area contributed by atoms with Gasteiger partial charge in [0.1, 0.15) is 0 Å². The van der Waals surface area contributed by atoms with Gasteiger partial charge in [-0.15, -0.1) is 0 Å². The minimum absolute atomic E-state index is 0.0613. The van der Waals surface area contributed by atoms with E-state index in [1.54, 1.807) is 12.1 Å². The van der Waals surface area contributed by atoms with Gasteiger partial charge < -0.3 is 5.32 Å². The lowest BCUT2D eigenvalue weighted by Gasteiger charge is -2.11. The number of rotatable bonds is 5. The maximum atomic E-state index is 12.7.